The van der Waals surface area contributed by atoms with E-state index in [9.17, 15) is 13.2 Å². The average Bonchev–Trinajstić information content (AvgIpc) is 2.15. The summed E-state index contributed by atoms with van der Waals surface area (Å²) in [6.45, 7) is 1.82. The van der Waals surface area contributed by atoms with Crippen LogP contribution in [0.5, 0.6) is 5.75 Å². The van der Waals surface area contributed by atoms with Crippen molar-refractivity contribution in [1.29, 1.82) is 0 Å². The summed E-state index contributed by atoms with van der Waals surface area (Å²) in [7, 11) is 0. The molecule has 0 radical (unpaired) electrons. The van der Waals surface area contributed by atoms with Crippen LogP contribution in [0.3, 0.4) is 0 Å². The summed E-state index contributed by atoms with van der Waals surface area (Å²) in [5.41, 5.74) is 1.45. The van der Waals surface area contributed by atoms with Gasteiger partial charge in [-0.1, -0.05) is 17.7 Å². The van der Waals surface area contributed by atoms with Gasteiger partial charge in [0.05, 0.1) is 5.02 Å². The Bertz CT molecular complexity index is 451. The molecule has 1 heterocycles. The van der Waals surface area contributed by atoms with Crippen molar-refractivity contribution >= 4 is 17.7 Å². The van der Waals surface area contributed by atoms with E-state index < -0.39 is 12.3 Å². The highest BCUT2D eigenvalue weighted by Crippen LogP contribution is 2.38. The zero-order valence-electron chi connectivity index (χ0n) is 8.31. The minimum Gasteiger partial charge on any atom is -0.475 e. The molecule has 0 N–H and O–H groups in total. The largest absolute Gasteiger partial charge is 0.475 e. The first kappa shape index (κ1) is 11.3. The summed E-state index contributed by atoms with van der Waals surface area (Å²) in [5.74, 6) is 0.0945. The van der Waals surface area contributed by atoms with Crippen molar-refractivity contribution in [1.82, 2.24) is 0 Å². The number of alkyl halides is 3. The third kappa shape index (κ3) is 2.02. The van der Waals surface area contributed by atoms with E-state index in [1.807, 2.05) is 6.92 Å². The molecule has 0 aromatic heterocycles. The van der Waals surface area contributed by atoms with Gasteiger partial charge in [0.2, 0.25) is 6.10 Å². The van der Waals surface area contributed by atoms with Crippen molar-refractivity contribution in [3.05, 3.63) is 34.4 Å². The minimum absolute atomic E-state index is 0.0945. The highest BCUT2D eigenvalue weighted by molar-refractivity contribution is 6.32. The summed E-state index contributed by atoms with van der Waals surface area (Å²) >= 11 is 5.84. The predicted molar refractivity (Wildman–Crippen MR) is 55.7 cm³/mol. The molecule has 1 aromatic carbocycles. The van der Waals surface area contributed by atoms with Gasteiger partial charge in [-0.3, -0.25) is 0 Å². The van der Waals surface area contributed by atoms with Crippen molar-refractivity contribution in [2.75, 3.05) is 0 Å². The van der Waals surface area contributed by atoms with Crippen molar-refractivity contribution in [2.24, 2.45) is 0 Å². The number of hydrogen-bond donors (Lipinski definition) is 0. The number of rotatable bonds is 0. The van der Waals surface area contributed by atoms with Gasteiger partial charge in [0.25, 0.3) is 0 Å². The molecular formula is C11H8ClF3O. The molecule has 1 atom stereocenters. The van der Waals surface area contributed by atoms with Gasteiger partial charge in [0, 0.05) is 5.56 Å². The summed E-state index contributed by atoms with van der Waals surface area (Å²) in [5, 5.41) is 0.202. The Morgan fingerprint density at radius 2 is 2.00 bits per heavy atom. The van der Waals surface area contributed by atoms with E-state index in [0.717, 1.165) is 11.6 Å². The molecule has 0 saturated carbocycles. The van der Waals surface area contributed by atoms with Gasteiger partial charge < -0.3 is 4.74 Å². The minimum atomic E-state index is -4.41. The van der Waals surface area contributed by atoms with Crippen molar-refractivity contribution in [3.63, 3.8) is 0 Å². The van der Waals surface area contributed by atoms with Crippen LogP contribution in [-0.4, -0.2) is 12.3 Å². The fraction of sp³-hybridized carbons (Fsp3) is 0.273. The van der Waals surface area contributed by atoms with E-state index >= 15 is 0 Å². The van der Waals surface area contributed by atoms with Gasteiger partial charge >= 0.3 is 6.18 Å². The van der Waals surface area contributed by atoms with Gasteiger partial charge in [-0.15, -0.1) is 0 Å². The van der Waals surface area contributed by atoms with E-state index in [2.05, 4.69) is 0 Å². The molecule has 0 bridgehead atoms. The van der Waals surface area contributed by atoms with Crippen LogP contribution in [0.4, 0.5) is 13.2 Å². The van der Waals surface area contributed by atoms with E-state index in [-0.39, 0.29) is 10.8 Å². The molecule has 0 fully saturated rings. The van der Waals surface area contributed by atoms with Gasteiger partial charge in [0.1, 0.15) is 5.75 Å². The van der Waals surface area contributed by atoms with E-state index in [1.54, 1.807) is 12.1 Å². The summed E-state index contributed by atoms with van der Waals surface area (Å²) in [4.78, 5) is 0. The second-order valence-corrected chi connectivity index (χ2v) is 4.01. The van der Waals surface area contributed by atoms with Gasteiger partial charge in [-0.25, -0.2) is 0 Å². The van der Waals surface area contributed by atoms with Crippen LogP contribution >= 0.6 is 11.6 Å². The standard InChI is InChI=1S/C11H8ClF3O/c1-6-4-7-2-3-9(11(13,14)15)16-10(7)8(12)5-6/h2-5,9H,1H3. The Labute approximate surface area is 95.5 Å². The third-order valence-corrected chi connectivity index (χ3v) is 2.52. The summed E-state index contributed by atoms with van der Waals surface area (Å²) < 4.78 is 42.1. The normalized spacial score (nSPS) is 19.2. The Morgan fingerprint density at radius 1 is 1.31 bits per heavy atom. The molecule has 0 aliphatic carbocycles. The molecule has 1 nitrogen and oxygen atoms in total. The number of halogens is 4. The van der Waals surface area contributed by atoms with Crippen LogP contribution in [0.15, 0.2) is 18.2 Å². The molecule has 1 aromatic rings. The predicted octanol–water partition coefficient (Wildman–Crippen LogP) is 3.98. The zero-order valence-corrected chi connectivity index (χ0v) is 9.06. The monoisotopic (exact) mass is 248 g/mol. The molecule has 1 unspecified atom stereocenters. The first-order valence-corrected chi connectivity index (χ1v) is 4.97. The van der Waals surface area contributed by atoms with Crippen LogP contribution < -0.4 is 4.74 Å². The number of ether oxygens (including phenoxy) is 1. The topological polar surface area (TPSA) is 9.23 Å². The lowest BCUT2D eigenvalue weighted by atomic mass is 10.1. The molecule has 0 spiro atoms. The summed E-state index contributed by atoms with van der Waals surface area (Å²) in [6, 6.07) is 3.30. The third-order valence-electron chi connectivity index (χ3n) is 2.23. The van der Waals surface area contributed by atoms with Gasteiger partial charge in [-0.05, 0) is 30.7 Å². The van der Waals surface area contributed by atoms with Crippen LogP contribution in [0.25, 0.3) is 6.08 Å². The molecule has 1 aliphatic heterocycles. The Kier molecular flexibility index (Phi) is 2.62. The Hall–Kier alpha value is -1.16. The van der Waals surface area contributed by atoms with Crippen LogP contribution in [0.1, 0.15) is 11.1 Å². The second-order valence-electron chi connectivity index (χ2n) is 3.60. The number of benzene rings is 1. The molecule has 0 amide bonds. The highest BCUT2D eigenvalue weighted by atomic mass is 35.5. The number of hydrogen-bond acceptors (Lipinski definition) is 1. The molecule has 86 valence electrons. The van der Waals surface area contributed by atoms with Crippen LogP contribution in [-0.2, 0) is 0 Å². The maximum absolute atomic E-state index is 12.4. The SMILES string of the molecule is Cc1cc(Cl)c2c(c1)C=CC(C(F)(F)F)O2. The fourth-order valence-corrected chi connectivity index (χ4v) is 1.86. The van der Waals surface area contributed by atoms with Gasteiger partial charge in [-0.2, -0.15) is 13.2 Å². The number of fused-ring (bicyclic) bond motifs is 1. The Morgan fingerprint density at radius 3 is 2.62 bits per heavy atom. The lowest BCUT2D eigenvalue weighted by molar-refractivity contribution is -0.180. The van der Waals surface area contributed by atoms with Crippen LogP contribution in [0, 0.1) is 6.92 Å². The van der Waals surface area contributed by atoms with Crippen molar-refractivity contribution in [3.8, 4) is 5.75 Å². The average molecular weight is 249 g/mol. The smallest absolute Gasteiger partial charge is 0.429 e. The summed E-state index contributed by atoms with van der Waals surface area (Å²) in [6.07, 6.45) is -3.96. The first-order chi connectivity index (χ1) is 7.38. The molecule has 5 heteroatoms. The quantitative estimate of drug-likeness (QED) is 0.675. The first-order valence-electron chi connectivity index (χ1n) is 4.59. The van der Waals surface area contributed by atoms with E-state index in [1.165, 1.54) is 6.08 Å². The van der Waals surface area contributed by atoms with Crippen molar-refractivity contribution in [2.45, 2.75) is 19.2 Å². The zero-order chi connectivity index (χ0) is 11.9. The maximum Gasteiger partial charge on any atom is 0.429 e. The van der Waals surface area contributed by atoms with E-state index in [4.69, 9.17) is 16.3 Å². The second kappa shape index (κ2) is 3.70. The van der Waals surface area contributed by atoms with Crippen LogP contribution in [0.2, 0.25) is 5.02 Å². The fourth-order valence-electron chi connectivity index (χ4n) is 1.54. The maximum atomic E-state index is 12.4. The number of aryl methyl sites for hydroxylation is 1. The van der Waals surface area contributed by atoms with Gasteiger partial charge in [0.15, 0.2) is 0 Å². The van der Waals surface area contributed by atoms with Crippen molar-refractivity contribution < 1.29 is 17.9 Å². The lowest BCUT2D eigenvalue weighted by Gasteiger charge is -2.24. The Balaban J connectivity index is 2.42. The molecular weight excluding hydrogens is 241 g/mol. The molecule has 0 saturated heterocycles. The highest BCUT2D eigenvalue weighted by Gasteiger charge is 2.41. The molecule has 1 aliphatic rings. The van der Waals surface area contributed by atoms with E-state index in [0.29, 0.717) is 5.56 Å². The molecule has 16 heavy (non-hydrogen) atoms. The molecule has 2 rings (SSSR count). The lowest BCUT2D eigenvalue weighted by Crippen LogP contribution is -2.33.